The average Bonchev–Trinajstić information content (AvgIpc) is 2.63. The first-order valence-corrected chi connectivity index (χ1v) is 9.57. The largest absolute Gasteiger partial charge is 0.354 e. The predicted octanol–water partition coefficient (Wildman–Crippen LogP) is 4.31. The number of aromatic nitrogens is 2. The number of carbonyl (C=O) groups excluding carboxylic acids is 1. The highest BCUT2D eigenvalue weighted by Crippen LogP contribution is 2.21. The molecule has 7 heteroatoms. The Bertz CT molecular complexity index is 767. The van der Waals surface area contributed by atoms with Crippen LogP contribution in [0.25, 0.3) is 0 Å². The number of piperidine rings is 1. The van der Waals surface area contributed by atoms with Gasteiger partial charge in [0, 0.05) is 42.1 Å². The third kappa shape index (κ3) is 4.86. The molecule has 0 bridgehead atoms. The molecule has 1 aromatic carbocycles. The number of halogens is 2. The summed E-state index contributed by atoms with van der Waals surface area (Å²) in [5.74, 6) is 1.06. The molecule has 1 amide bonds. The summed E-state index contributed by atoms with van der Waals surface area (Å²) in [5, 5.41) is 4.42. The molecule has 1 atom stereocenters. The third-order valence-electron chi connectivity index (χ3n) is 4.54. The molecular weight excluding hydrogens is 371 g/mol. The Balaban J connectivity index is 1.53. The van der Waals surface area contributed by atoms with Crippen LogP contribution < -0.4 is 5.32 Å². The highest BCUT2D eigenvalue weighted by Gasteiger charge is 2.22. The van der Waals surface area contributed by atoms with Crippen LogP contribution in [-0.4, -0.2) is 40.4 Å². The van der Waals surface area contributed by atoms with Crippen molar-refractivity contribution in [2.24, 2.45) is 5.92 Å². The van der Waals surface area contributed by atoms with Gasteiger partial charge in [0.15, 0.2) is 0 Å². The number of hydrogen-bond donors (Lipinski definition) is 1. The van der Waals surface area contributed by atoms with Crippen LogP contribution in [-0.2, 0) is 6.42 Å². The van der Waals surface area contributed by atoms with E-state index in [0.717, 1.165) is 31.5 Å². The molecule has 1 N–H and O–H groups in total. The normalized spacial score (nSPS) is 17.2. The molecule has 138 valence electrons. The first kappa shape index (κ1) is 18.9. The minimum atomic E-state index is 0.0102. The maximum atomic E-state index is 12.5. The lowest BCUT2D eigenvalue weighted by Crippen LogP contribution is -2.39. The Morgan fingerprint density at radius 2 is 2.08 bits per heavy atom. The number of nitrogens with zero attached hydrogens (tertiary/aromatic N) is 3. The Morgan fingerprint density at radius 1 is 1.31 bits per heavy atom. The summed E-state index contributed by atoms with van der Waals surface area (Å²) in [6, 6.07) is 5.46. The molecule has 1 aromatic heterocycles. The molecule has 3 rings (SSSR count). The quantitative estimate of drug-likeness (QED) is 0.823. The molecule has 2 heterocycles. The summed E-state index contributed by atoms with van der Waals surface area (Å²) < 4.78 is 0. The Morgan fingerprint density at radius 3 is 2.77 bits per heavy atom. The van der Waals surface area contributed by atoms with Crippen LogP contribution in [0.15, 0.2) is 30.6 Å². The minimum absolute atomic E-state index is 0.0102. The first-order valence-electron chi connectivity index (χ1n) is 8.82. The van der Waals surface area contributed by atoms with Gasteiger partial charge in [-0.25, -0.2) is 9.97 Å². The number of benzene rings is 1. The van der Waals surface area contributed by atoms with Gasteiger partial charge in [0.25, 0.3) is 5.91 Å². The minimum Gasteiger partial charge on any atom is -0.354 e. The van der Waals surface area contributed by atoms with Crippen LogP contribution in [0, 0.1) is 5.92 Å². The average molecular weight is 393 g/mol. The summed E-state index contributed by atoms with van der Waals surface area (Å²) in [6.45, 7) is 4.43. The Kier molecular flexibility index (Phi) is 6.33. The van der Waals surface area contributed by atoms with Gasteiger partial charge in [0.05, 0.1) is 5.56 Å². The van der Waals surface area contributed by atoms with Crippen molar-refractivity contribution >= 4 is 35.1 Å². The summed E-state index contributed by atoms with van der Waals surface area (Å²) in [4.78, 5) is 22.9. The molecule has 0 saturated carbocycles. The number of nitrogens with one attached hydrogen (secondary N) is 1. The van der Waals surface area contributed by atoms with Gasteiger partial charge in [0.2, 0.25) is 5.95 Å². The molecule has 1 saturated heterocycles. The summed E-state index contributed by atoms with van der Waals surface area (Å²) in [5.41, 5.74) is 1.54. The highest BCUT2D eigenvalue weighted by molar-refractivity contribution is 6.35. The molecule has 0 spiro atoms. The number of anilines is 1. The molecule has 26 heavy (non-hydrogen) atoms. The van der Waals surface area contributed by atoms with E-state index >= 15 is 0 Å². The molecule has 1 unspecified atom stereocenters. The zero-order valence-electron chi connectivity index (χ0n) is 14.7. The summed E-state index contributed by atoms with van der Waals surface area (Å²) in [6.07, 6.45) is 6.14. The zero-order valence-corrected chi connectivity index (χ0v) is 16.2. The van der Waals surface area contributed by atoms with Crippen LogP contribution in [0.1, 0.15) is 35.7 Å². The molecule has 0 aliphatic carbocycles. The van der Waals surface area contributed by atoms with E-state index in [9.17, 15) is 4.79 Å². The van der Waals surface area contributed by atoms with Crippen molar-refractivity contribution < 1.29 is 4.79 Å². The van der Waals surface area contributed by atoms with Gasteiger partial charge in [-0.05, 0) is 42.9 Å². The van der Waals surface area contributed by atoms with Gasteiger partial charge >= 0.3 is 0 Å². The van der Waals surface area contributed by atoms with Gasteiger partial charge in [-0.1, -0.05) is 36.2 Å². The maximum absolute atomic E-state index is 12.5. The standard InChI is InChI=1S/C19H22Cl2N4O/c1-13-3-2-8-25(12-13)18(26)15-10-23-19(24-11-15)22-7-6-14-4-5-16(20)9-17(14)21/h4-5,9-11,13H,2-3,6-8,12H2,1H3,(H,22,23,24). The first-order chi connectivity index (χ1) is 12.5. The van der Waals surface area contributed by atoms with Crippen molar-refractivity contribution in [2.75, 3.05) is 25.0 Å². The Labute approximate surface area is 163 Å². The van der Waals surface area contributed by atoms with Crippen molar-refractivity contribution in [1.82, 2.24) is 14.9 Å². The van der Waals surface area contributed by atoms with Crippen LogP contribution in [0.5, 0.6) is 0 Å². The second-order valence-electron chi connectivity index (χ2n) is 6.71. The van der Waals surface area contributed by atoms with E-state index < -0.39 is 0 Å². The summed E-state index contributed by atoms with van der Waals surface area (Å²) >= 11 is 12.1. The van der Waals surface area contributed by atoms with Gasteiger partial charge in [0.1, 0.15) is 0 Å². The number of carbonyl (C=O) groups is 1. The maximum Gasteiger partial charge on any atom is 0.257 e. The molecule has 1 aliphatic heterocycles. The van der Waals surface area contributed by atoms with Crippen LogP contribution >= 0.6 is 23.2 Å². The van der Waals surface area contributed by atoms with Crippen LogP contribution in [0.4, 0.5) is 5.95 Å². The molecule has 0 radical (unpaired) electrons. The van der Waals surface area contributed by atoms with Gasteiger partial charge < -0.3 is 10.2 Å². The molecule has 2 aromatic rings. The van der Waals surface area contributed by atoms with E-state index in [1.807, 2.05) is 17.0 Å². The monoisotopic (exact) mass is 392 g/mol. The fourth-order valence-corrected chi connectivity index (χ4v) is 3.62. The number of likely N-dealkylation sites (tertiary alicyclic amines) is 1. The molecule has 5 nitrogen and oxygen atoms in total. The topological polar surface area (TPSA) is 58.1 Å². The molecule has 1 aliphatic rings. The second kappa shape index (κ2) is 8.69. The fraction of sp³-hybridized carbons (Fsp3) is 0.421. The number of rotatable bonds is 5. The highest BCUT2D eigenvalue weighted by atomic mass is 35.5. The van der Waals surface area contributed by atoms with Crippen molar-refractivity contribution in [2.45, 2.75) is 26.2 Å². The third-order valence-corrected chi connectivity index (χ3v) is 5.12. The predicted molar refractivity (Wildman–Crippen MR) is 105 cm³/mol. The summed E-state index contributed by atoms with van der Waals surface area (Å²) in [7, 11) is 0. The van der Waals surface area contributed by atoms with Crippen molar-refractivity contribution in [3.63, 3.8) is 0 Å². The van der Waals surface area contributed by atoms with E-state index in [4.69, 9.17) is 23.2 Å². The lowest BCUT2D eigenvalue weighted by molar-refractivity contribution is 0.0682. The van der Waals surface area contributed by atoms with E-state index in [0.29, 0.717) is 34.0 Å². The van der Waals surface area contributed by atoms with E-state index in [-0.39, 0.29) is 5.91 Å². The smallest absolute Gasteiger partial charge is 0.257 e. The van der Waals surface area contributed by atoms with Crippen molar-refractivity contribution in [1.29, 1.82) is 0 Å². The zero-order chi connectivity index (χ0) is 18.5. The lowest BCUT2D eigenvalue weighted by Gasteiger charge is -2.30. The van der Waals surface area contributed by atoms with Gasteiger partial charge in [-0.2, -0.15) is 0 Å². The molecule has 1 fully saturated rings. The van der Waals surface area contributed by atoms with Crippen LogP contribution in [0.3, 0.4) is 0 Å². The van der Waals surface area contributed by atoms with Crippen LogP contribution in [0.2, 0.25) is 10.0 Å². The molecular formula is C19H22Cl2N4O. The number of amides is 1. The lowest BCUT2D eigenvalue weighted by atomic mass is 10.00. The van der Waals surface area contributed by atoms with Gasteiger partial charge in [-0.15, -0.1) is 0 Å². The van der Waals surface area contributed by atoms with Crippen molar-refractivity contribution in [3.05, 3.63) is 51.8 Å². The van der Waals surface area contributed by atoms with Crippen molar-refractivity contribution in [3.8, 4) is 0 Å². The Hall–Kier alpha value is -1.85. The van der Waals surface area contributed by atoms with E-state index in [2.05, 4.69) is 22.2 Å². The SMILES string of the molecule is CC1CCCN(C(=O)c2cnc(NCCc3ccc(Cl)cc3Cl)nc2)C1. The fourth-order valence-electron chi connectivity index (χ4n) is 3.12. The second-order valence-corrected chi connectivity index (χ2v) is 7.55. The van der Waals surface area contributed by atoms with E-state index in [1.165, 1.54) is 6.42 Å². The van der Waals surface area contributed by atoms with Gasteiger partial charge in [-0.3, -0.25) is 4.79 Å². The number of hydrogen-bond acceptors (Lipinski definition) is 4. The van der Waals surface area contributed by atoms with E-state index in [1.54, 1.807) is 18.5 Å².